The first-order chi connectivity index (χ1) is 10.5. The molecule has 2 aromatic carbocycles. The van der Waals surface area contributed by atoms with Gasteiger partial charge in [0, 0.05) is 24.3 Å². The van der Waals surface area contributed by atoms with Crippen molar-refractivity contribution in [3.63, 3.8) is 0 Å². The number of non-ortho nitro benzene ring substituents is 2. The van der Waals surface area contributed by atoms with Gasteiger partial charge in [0.05, 0.1) is 15.4 Å². The van der Waals surface area contributed by atoms with Crippen molar-refractivity contribution in [2.45, 2.75) is 0 Å². The van der Waals surface area contributed by atoms with Crippen molar-refractivity contribution in [1.29, 1.82) is 5.26 Å². The molecule has 22 heavy (non-hydrogen) atoms. The zero-order valence-corrected chi connectivity index (χ0v) is 11.2. The molecule has 0 saturated carbocycles. The minimum atomic E-state index is -0.575. The third kappa shape index (κ3) is 3.32. The van der Waals surface area contributed by atoms with Crippen LogP contribution in [0, 0.1) is 31.6 Å². The third-order valence-corrected chi connectivity index (χ3v) is 2.90. The lowest BCUT2D eigenvalue weighted by Gasteiger charge is -1.99. The Morgan fingerprint density at radius 3 is 2.27 bits per heavy atom. The number of nitro groups is 2. The van der Waals surface area contributed by atoms with Crippen LogP contribution < -0.4 is 0 Å². The van der Waals surface area contributed by atoms with Crippen molar-refractivity contribution in [3.8, 4) is 6.07 Å². The summed E-state index contributed by atoms with van der Waals surface area (Å²) in [5.41, 5.74) is 1.06. The second-order valence-electron chi connectivity index (χ2n) is 4.33. The predicted molar refractivity (Wildman–Crippen MR) is 79.8 cm³/mol. The number of rotatable bonds is 4. The summed E-state index contributed by atoms with van der Waals surface area (Å²) in [4.78, 5) is 20.3. The topological polar surface area (TPSA) is 110 Å². The molecule has 0 bridgehead atoms. The van der Waals surface area contributed by atoms with Gasteiger partial charge in [-0.2, -0.15) is 5.26 Å². The number of hydrogen-bond donors (Lipinski definition) is 0. The van der Waals surface area contributed by atoms with E-state index in [1.807, 2.05) is 6.07 Å². The van der Waals surface area contributed by atoms with E-state index in [-0.39, 0.29) is 16.9 Å². The second kappa shape index (κ2) is 6.28. The van der Waals surface area contributed by atoms with Crippen LogP contribution in [-0.4, -0.2) is 9.85 Å². The molecule has 7 nitrogen and oxygen atoms in total. The summed E-state index contributed by atoms with van der Waals surface area (Å²) in [7, 11) is 0. The zero-order chi connectivity index (χ0) is 16.1. The maximum absolute atomic E-state index is 10.7. The molecule has 0 aromatic heterocycles. The molecule has 0 N–H and O–H groups in total. The number of nitrogens with zero attached hydrogens (tertiary/aromatic N) is 3. The highest BCUT2D eigenvalue weighted by atomic mass is 16.6. The van der Waals surface area contributed by atoms with Gasteiger partial charge in [-0.3, -0.25) is 20.2 Å². The molecule has 0 amide bonds. The molecule has 108 valence electrons. The van der Waals surface area contributed by atoms with E-state index in [2.05, 4.69) is 0 Å². The molecule has 0 fully saturated rings. The lowest BCUT2D eigenvalue weighted by atomic mass is 10.1. The summed E-state index contributed by atoms with van der Waals surface area (Å²) in [6, 6.07) is 11.9. The molecule has 0 aliphatic rings. The Morgan fingerprint density at radius 1 is 0.955 bits per heavy atom. The van der Waals surface area contributed by atoms with Crippen LogP contribution in [0.2, 0.25) is 0 Å². The fraction of sp³-hybridized carbons (Fsp3) is 0. The maximum Gasteiger partial charge on any atom is 0.270 e. The van der Waals surface area contributed by atoms with Gasteiger partial charge in [-0.25, -0.2) is 0 Å². The Balaban J connectivity index is 2.34. The molecule has 0 saturated heterocycles. The van der Waals surface area contributed by atoms with E-state index in [1.54, 1.807) is 24.3 Å². The Kier molecular flexibility index (Phi) is 4.24. The summed E-state index contributed by atoms with van der Waals surface area (Å²) in [6.45, 7) is 0. The molecule has 0 heterocycles. The van der Waals surface area contributed by atoms with Crippen molar-refractivity contribution >= 4 is 23.5 Å². The highest BCUT2D eigenvalue weighted by Crippen LogP contribution is 2.20. The van der Waals surface area contributed by atoms with Gasteiger partial charge >= 0.3 is 0 Å². The summed E-state index contributed by atoms with van der Waals surface area (Å²) >= 11 is 0. The van der Waals surface area contributed by atoms with Crippen molar-refractivity contribution in [2.75, 3.05) is 0 Å². The van der Waals surface area contributed by atoms with Gasteiger partial charge in [-0.1, -0.05) is 24.3 Å². The number of benzene rings is 2. The van der Waals surface area contributed by atoms with Crippen LogP contribution in [0.15, 0.2) is 42.5 Å². The largest absolute Gasteiger partial charge is 0.270 e. The predicted octanol–water partition coefficient (Wildman–Crippen LogP) is 3.55. The highest BCUT2D eigenvalue weighted by Gasteiger charge is 2.09. The standard InChI is InChI=1S/C15H9N3O4/c16-10-13-9-15(18(21)22)7-6-12(13)5-4-11-2-1-3-14(8-11)17(19)20/h1-9H. The summed E-state index contributed by atoms with van der Waals surface area (Å²) in [5.74, 6) is 0. The molecule has 0 aliphatic carbocycles. The summed E-state index contributed by atoms with van der Waals surface area (Å²) in [6.07, 6.45) is 3.19. The normalized spacial score (nSPS) is 10.3. The first kappa shape index (κ1) is 14.9. The molecule has 2 rings (SSSR count). The molecule has 0 aliphatic heterocycles. The van der Waals surface area contributed by atoms with Gasteiger partial charge in [-0.15, -0.1) is 0 Å². The highest BCUT2D eigenvalue weighted by molar-refractivity contribution is 5.74. The Bertz CT molecular complexity index is 822. The van der Waals surface area contributed by atoms with Crippen LogP contribution in [0.4, 0.5) is 11.4 Å². The van der Waals surface area contributed by atoms with Crippen molar-refractivity contribution in [2.24, 2.45) is 0 Å². The van der Waals surface area contributed by atoms with E-state index in [1.165, 1.54) is 30.3 Å². The second-order valence-corrected chi connectivity index (χ2v) is 4.33. The zero-order valence-electron chi connectivity index (χ0n) is 11.2. The van der Waals surface area contributed by atoms with Crippen molar-refractivity contribution < 1.29 is 9.85 Å². The van der Waals surface area contributed by atoms with Crippen molar-refractivity contribution in [1.82, 2.24) is 0 Å². The number of nitro benzene ring substituents is 2. The quantitative estimate of drug-likeness (QED) is 0.486. The molecule has 2 aromatic rings. The number of hydrogen-bond acceptors (Lipinski definition) is 5. The average Bonchev–Trinajstić information content (AvgIpc) is 2.52. The average molecular weight is 295 g/mol. The van der Waals surface area contributed by atoms with Gasteiger partial charge in [0.1, 0.15) is 6.07 Å². The molecule has 0 unspecified atom stereocenters. The van der Waals surface area contributed by atoms with Gasteiger partial charge in [-0.05, 0) is 17.2 Å². The van der Waals surface area contributed by atoms with Gasteiger partial charge in [0.25, 0.3) is 11.4 Å². The smallest absolute Gasteiger partial charge is 0.258 e. The number of nitriles is 1. The van der Waals surface area contributed by atoms with Crippen LogP contribution in [0.5, 0.6) is 0 Å². The molecule has 0 radical (unpaired) electrons. The van der Waals surface area contributed by atoms with E-state index in [0.717, 1.165) is 0 Å². The SMILES string of the molecule is N#Cc1cc([N+](=O)[O-])ccc1C=Cc1cccc([N+](=O)[O-])c1. The lowest BCUT2D eigenvalue weighted by molar-refractivity contribution is -0.385. The molecular weight excluding hydrogens is 286 g/mol. The summed E-state index contributed by atoms with van der Waals surface area (Å²) < 4.78 is 0. The summed E-state index contributed by atoms with van der Waals surface area (Å²) in [5, 5.41) is 30.4. The minimum Gasteiger partial charge on any atom is -0.258 e. The monoisotopic (exact) mass is 295 g/mol. The molecule has 0 atom stereocenters. The van der Waals surface area contributed by atoms with Gasteiger partial charge < -0.3 is 0 Å². The first-order valence-corrected chi connectivity index (χ1v) is 6.12. The Labute approximate surface area is 125 Å². The minimum absolute atomic E-state index is 0.0358. The molecule has 0 spiro atoms. The van der Waals surface area contributed by atoms with E-state index in [0.29, 0.717) is 11.1 Å². The van der Waals surface area contributed by atoms with Crippen LogP contribution in [0.3, 0.4) is 0 Å². The van der Waals surface area contributed by atoms with Crippen LogP contribution in [0.25, 0.3) is 12.2 Å². The van der Waals surface area contributed by atoms with E-state index >= 15 is 0 Å². The Hall–Kier alpha value is -3.53. The maximum atomic E-state index is 10.7. The van der Waals surface area contributed by atoms with Crippen LogP contribution in [-0.2, 0) is 0 Å². The molecular formula is C15H9N3O4. The van der Waals surface area contributed by atoms with Gasteiger partial charge in [0.15, 0.2) is 0 Å². The van der Waals surface area contributed by atoms with Crippen LogP contribution in [0.1, 0.15) is 16.7 Å². The fourth-order valence-corrected chi connectivity index (χ4v) is 1.83. The first-order valence-electron chi connectivity index (χ1n) is 6.12. The Morgan fingerprint density at radius 2 is 1.64 bits per heavy atom. The van der Waals surface area contributed by atoms with Crippen LogP contribution >= 0.6 is 0 Å². The molecule has 7 heteroatoms. The fourth-order valence-electron chi connectivity index (χ4n) is 1.83. The third-order valence-electron chi connectivity index (χ3n) is 2.90. The van der Waals surface area contributed by atoms with E-state index < -0.39 is 9.85 Å². The van der Waals surface area contributed by atoms with E-state index in [9.17, 15) is 20.2 Å². The van der Waals surface area contributed by atoms with E-state index in [4.69, 9.17) is 5.26 Å². The van der Waals surface area contributed by atoms with Gasteiger partial charge in [0.2, 0.25) is 0 Å². The lowest BCUT2D eigenvalue weighted by Crippen LogP contribution is -1.90. The van der Waals surface area contributed by atoms with Crippen molar-refractivity contribution in [3.05, 3.63) is 79.4 Å².